The second-order valence-electron chi connectivity index (χ2n) is 7.91. The highest BCUT2D eigenvalue weighted by molar-refractivity contribution is 5.90. The van der Waals surface area contributed by atoms with E-state index in [0.717, 1.165) is 16.7 Å². The summed E-state index contributed by atoms with van der Waals surface area (Å²) in [6.07, 6.45) is 5.70. The first kappa shape index (κ1) is 36.5. The standard InChI is InChI=1S/C22H27N3O3.C4H9N.C3H8.C2H6/c1-3-20(26)25-19(22(28)24-15-21(27)23-4-2)14-16-10-12-18(13-11-16)17-8-6-5-7-9-17;1-3-4-5-2;1-3-2;1-2/h5-13,19H,3-4,14-15H2,1-2H3,(H,23,27)(H,24,28)(H,25,26);3-5H,1-2H3;3H2,1-2H3;1-2H3/b;4-3+;;. The Labute approximate surface area is 230 Å². The Hall–Kier alpha value is -3.61. The molecule has 0 bridgehead atoms. The Morgan fingerprint density at radius 2 is 1.37 bits per heavy atom. The molecule has 0 fully saturated rings. The molecule has 2 aromatic rings. The first-order chi connectivity index (χ1) is 18.4. The summed E-state index contributed by atoms with van der Waals surface area (Å²) in [6.45, 7) is 14.1. The maximum Gasteiger partial charge on any atom is 0.243 e. The second kappa shape index (κ2) is 25.1. The van der Waals surface area contributed by atoms with Gasteiger partial charge in [0, 0.05) is 26.4 Å². The van der Waals surface area contributed by atoms with Crippen molar-refractivity contribution >= 4 is 17.7 Å². The molecule has 0 aromatic heterocycles. The molecule has 0 saturated heterocycles. The number of hydrogen-bond donors (Lipinski definition) is 4. The summed E-state index contributed by atoms with van der Waals surface area (Å²) < 4.78 is 0. The van der Waals surface area contributed by atoms with Crippen LogP contribution in [0.15, 0.2) is 66.9 Å². The zero-order valence-electron chi connectivity index (χ0n) is 24.7. The van der Waals surface area contributed by atoms with Crippen LogP contribution in [0.4, 0.5) is 0 Å². The molecule has 212 valence electrons. The number of carbonyl (C=O) groups excluding carboxylic acids is 3. The molecule has 0 aliphatic carbocycles. The van der Waals surface area contributed by atoms with Crippen LogP contribution in [-0.4, -0.2) is 43.9 Å². The van der Waals surface area contributed by atoms with Crippen LogP contribution in [0.1, 0.15) is 66.9 Å². The summed E-state index contributed by atoms with van der Waals surface area (Å²) in [6, 6.07) is 17.2. The molecule has 38 heavy (non-hydrogen) atoms. The van der Waals surface area contributed by atoms with E-state index in [4.69, 9.17) is 0 Å². The molecule has 0 spiro atoms. The molecule has 0 radical (unpaired) electrons. The van der Waals surface area contributed by atoms with E-state index >= 15 is 0 Å². The molecular weight excluding hydrogens is 476 g/mol. The molecule has 4 N–H and O–H groups in total. The van der Waals surface area contributed by atoms with Crippen LogP contribution in [0, 0.1) is 0 Å². The zero-order valence-corrected chi connectivity index (χ0v) is 24.7. The van der Waals surface area contributed by atoms with Gasteiger partial charge in [-0.15, -0.1) is 0 Å². The van der Waals surface area contributed by atoms with E-state index < -0.39 is 6.04 Å². The van der Waals surface area contributed by atoms with Crippen molar-refractivity contribution in [1.82, 2.24) is 21.3 Å². The molecule has 7 nitrogen and oxygen atoms in total. The number of likely N-dealkylation sites (N-methyl/N-ethyl adjacent to an activating group) is 1. The molecule has 0 aliphatic heterocycles. The van der Waals surface area contributed by atoms with E-state index in [1.165, 1.54) is 6.42 Å². The van der Waals surface area contributed by atoms with Gasteiger partial charge in [0.15, 0.2) is 0 Å². The third-order valence-electron chi connectivity index (χ3n) is 4.60. The summed E-state index contributed by atoms with van der Waals surface area (Å²) in [5.74, 6) is -0.845. The topological polar surface area (TPSA) is 99.3 Å². The lowest BCUT2D eigenvalue weighted by Gasteiger charge is -2.18. The van der Waals surface area contributed by atoms with Crippen molar-refractivity contribution in [3.63, 3.8) is 0 Å². The van der Waals surface area contributed by atoms with Crippen LogP contribution in [0.3, 0.4) is 0 Å². The van der Waals surface area contributed by atoms with Gasteiger partial charge in [0.1, 0.15) is 6.04 Å². The maximum absolute atomic E-state index is 12.5. The van der Waals surface area contributed by atoms with E-state index in [1.807, 2.05) is 102 Å². The smallest absolute Gasteiger partial charge is 0.243 e. The molecule has 0 aliphatic rings. The SMILES string of the molecule is C/C=C/NC.CC.CCC.CCNC(=O)CNC(=O)C(Cc1ccc(-c2ccccc2)cc1)NC(=O)CC. The van der Waals surface area contributed by atoms with Crippen LogP contribution < -0.4 is 21.3 Å². The van der Waals surface area contributed by atoms with Crippen LogP contribution in [-0.2, 0) is 20.8 Å². The Morgan fingerprint density at radius 3 is 1.82 bits per heavy atom. The first-order valence-corrected chi connectivity index (χ1v) is 13.6. The van der Waals surface area contributed by atoms with Gasteiger partial charge in [-0.3, -0.25) is 14.4 Å². The Balaban J connectivity index is 0. The predicted octanol–water partition coefficient (Wildman–Crippen LogP) is 5.23. The lowest BCUT2D eigenvalue weighted by molar-refractivity contribution is -0.130. The van der Waals surface area contributed by atoms with Gasteiger partial charge in [-0.2, -0.15) is 0 Å². The Kier molecular flexibility index (Phi) is 24.1. The number of carbonyl (C=O) groups is 3. The molecule has 3 amide bonds. The lowest BCUT2D eigenvalue weighted by Crippen LogP contribution is -2.50. The van der Waals surface area contributed by atoms with Crippen molar-refractivity contribution in [2.75, 3.05) is 20.1 Å². The number of hydrogen-bond acceptors (Lipinski definition) is 4. The average molecular weight is 527 g/mol. The van der Waals surface area contributed by atoms with Gasteiger partial charge in [-0.1, -0.05) is 102 Å². The van der Waals surface area contributed by atoms with E-state index in [9.17, 15) is 14.4 Å². The number of rotatable bonds is 10. The summed E-state index contributed by atoms with van der Waals surface area (Å²) in [5.41, 5.74) is 3.12. The minimum atomic E-state index is -0.732. The maximum atomic E-state index is 12.5. The minimum absolute atomic E-state index is 0.113. The van der Waals surface area contributed by atoms with E-state index in [-0.39, 0.29) is 30.7 Å². The monoisotopic (exact) mass is 526 g/mol. The van der Waals surface area contributed by atoms with Crippen molar-refractivity contribution in [2.24, 2.45) is 0 Å². The molecule has 1 atom stereocenters. The number of amides is 3. The number of nitrogens with one attached hydrogen (secondary N) is 4. The molecule has 7 heteroatoms. The largest absolute Gasteiger partial charge is 0.394 e. The van der Waals surface area contributed by atoms with Crippen LogP contribution in [0.2, 0.25) is 0 Å². The van der Waals surface area contributed by atoms with Gasteiger partial charge in [0.05, 0.1) is 6.54 Å². The van der Waals surface area contributed by atoms with Gasteiger partial charge in [0.2, 0.25) is 17.7 Å². The van der Waals surface area contributed by atoms with Gasteiger partial charge < -0.3 is 21.3 Å². The van der Waals surface area contributed by atoms with E-state index in [1.54, 1.807) is 6.92 Å². The van der Waals surface area contributed by atoms with Crippen LogP contribution >= 0.6 is 0 Å². The highest BCUT2D eigenvalue weighted by Gasteiger charge is 2.21. The number of allylic oxidation sites excluding steroid dienone is 1. The Morgan fingerprint density at radius 1 is 0.816 bits per heavy atom. The van der Waals surface area contributed by atoms with E-state index in [2.05, 4.69) is 35.1 Å². The minimum Gasteiger partial charge on any atom is -0.394 e. The van der Waals surface area contributed by atoms with Crippen molar-refractivity contribution < 1.29 is 14.4 Å². The van der Waals surface area contributed by atoms with Crippen molar-refractivity contribution in [3.05, 3.63) is 72.4 Å². The van der Waals surface area contributed by atoms with Crippen LogP contribution in [0.5, 0.6) is 0 Å². The fourth-order valence-corrected chi connectivity index (χ4v) is 2.92. The Bertz CT molecular complexity index is 897. The molecule has 0 heterocycles. The fraction of sp³-hybridized carbons (Fsp3) is 0.452. The summed E-state index contributed by atoms with van der Waals surface area (Å²) in [4.78, 5) is 35.9. The molecule has 2 aromatic carbocycles. The normalized spacial score (nSPS) is 10.2. The molecular formula is C31H50N4O3. The van der Waals surface area contributed by atoms with Gasteiger partial charge in [0.25, 0.3) is 0 Å². The summed E-state index contributed by atoms with van der Waals surface area (Å²) >= 11 is 0. The summed E-state index contributed by atoms with van der Waals surface area (Å²) in [5, 5.41) is 10.8. The second-order valence-corrected chi connectivity index (χ2v) is 7.91. The summed E-state index contributed by atoms with van der Waals surface area (Å²) in [7, 11) is 1.88. The van der Waals surface area contributed by atoms with E-state index in [0.29, 0.717) is 13.0 Å². The quantitative estimate of drug-likeness (QED) is 0.341. The van der Waals surface area contributed by atoms with Crippen molar-refractivity contribution in [3.8, 4) is 11.1 Å². The molecule has 0 saturated carbocycles. The number of benzene rings is 2. The van der Waals surface area contributed by atoms with Crippen molar-refractivity contribution in [2.45, 2.75) is 73.8 Å². The molecule has 2 rings (SSSR count). The van der Waals surface area contributed by atoms with Crippen LogP contribution in [0.25, 0.3) is 11.1 Å². The van der Waals surface area contributed by atoms with Gasteiger partial charge in [-0.25, -0.2) is 0 Å². The first-order valence-electron chi connectivity index (χ1n) is 13.6. The third kappa shape index (κ3) is 17.8. The zero-order chi connectivity index (χ0) is 29.2. The average Bonchev–Trinajstić information content (AvgIpc) is 2.94. The highest BCUT2D eigenvalue weighted by Crippen LogP contribution is 2.19. The lowest BCUT2D eigenvalue weighted by atomic mass is 10.00. The van der Waals surface area contributed by atoms with Gasteiger partial charge >= 0.3 is 0 Å². The fourth-order valence-electron chi connectivity index (χ4n) is 2.92. The van der Waals surface area contributed by atoms with Crippen molar-refractivity contribution in [1.29, 1.82) is 0 Å². The predicted molar refractivity (Wildman–Crippen MR) is 161 cm³/mol. The third-order valence-corrected chi connectivity index (χ3v) is 4.60. The van der Waals surface area contributed by atoms with Gasteiger partial charge in [-0.05, 0) is 36.7 Å². The highest BCUT2D eigenvalue weighted by atomic mass is 16.2. The molecule has 1 unspecified atom stereocenters.